The van der Waals surface area contributed by atoms with Crippen LogP contribution < -0.4 is 0 Å². The highest BCUT2D eigenvalue weighted by molar-refractivity contribution is 6.03. The molecule has 0 saturated heterocycles. The lowest BCUT2D eigenvalue weighted by atomic mass is 10.1. The van der Waals surface area contributed by atoms with Crippen molar-refractivity contribution >= 4 is 11.9 Å². The molecule has 0 spiro atoms. The van der Waals surface area contributed by atoms with Crippen molar-refractivity contribution in [2.75, 3.05) is 34.5 Å². The summed E-state index contributed by atoms with van der Waals surface area (Å²) in [6.45, 7) is 0.417. The van der Waals surface area contributed by atoms with Gasteiger partial charge in [0.1, 0.15) is 6.10 Å². The molecule has 0 radical (unpaired) electrons. The van der Waals surface area contributed by atoms with Crippen LogP contribution in [0.3, 0.4) is 0 Å². The molecule has 1 aromatic carbocycles. The lowest BCUT2D eigenvalue weighted by Crippen LogP contribution is -2.28. The van der Waals surface area contributed by atoms with Crippen molar-refractivity contribution in [2.45, 2.75) is 6.10 Å². The minimum Gasteiger partial charge on any atom is -0.465 e. The van der Waals surface area contributed by atoms with Gasteiger partial charge in [0, 0.05) is 14.2 Å². The lowest BCUT2D eigenvalue weighted by Gasteiger charge is -2.17. The summed E-state index contributed by atoms with van der Waals surface area (Å²) in [5.41, 5.74) is 0.310. The van der Waals surface area contributed by atoms with E-state index in [2.05, 4.69) is 4.74 Å². The predicted octanol–water partition coefficient (Wildman–Crippen LogP) is 1.29. The third kappa shape index (κ3) is 4.32. The molecule has 0 aromatic heterocycles. The summed E-state index contributed by atoms with van der Waals surface area (Å²) in [6, 6.07) is 6.30. The van der Waals surface area contributed by atoms with Crippen molar-refractivity contribution in [3.05, 3.63) is 35.4 Å². The van der Waals surface area contributed by atoms with Crippen LogP contribution in [0, 0.1) is 0 Å². The summed E-state index contributed by atoms with van der Waals surface area (Å²) < 4.78 is 19.8. The van der Waals surface area contributed by atoms with Crippen molar-refractivity contribution in [3.8, 4) is 0 Å². The smallest absolute Gasteiger partial charge is 0.339 e. The lowest BCUT2D eigenvalue weighted by molar-refractivity contribution is -0.0225. The SMILES string of the molecule is COCC(COC)OC(=O)c1ccccc1C(=O)OC. The molecule has 110 valence electrons. The second kappa shape index (κ2) is 8.29. The quantitative estimate of drug-likeness (QED) is 0.702. The van der Waals surface area contributed by atoms with E-state index in [-0.39, 0.29) is 24.3 Å². The summed E-state index contributed by atoms with van der Waals surface area (Å²) in [5, 5.41) is 0. The van der Waals surface area contributed by atoms with E-state index in [1.165, 1.54) is 33.5 Å². The number of benzene rings is 1. The molecule has 0 unspecified atom stereocenters. The summed E-state index contributed by atoms with van der Waals surface area (Å²) >= 11 is 0. The van der Waals surface area contributed by atoms with Gasteiger partial charge in [0.15, 0.2) is 0 Å². The molecule has 0 fully saturated rings. The van der Waals surface area contributed by atoms with Crippen LogP contribution in [-0.4, -0.2) is 52.6 Å². The van der Waals surface area contributed by atoms with E-state index < -0.39 is 18.0 Å². The van der Waals surface area contributed by atoms with Crippen LogP contribution in [0.5, 0.6) is 0 Å². The number of hydrogen-bond donors (Lipinski definition) is 0. The van der Waals surface area contributed by atoms with Crippen LogP contribution >= 0.6 is 0 Å². The first-order chi connectivity index (χ1) is 9.63. The van der Waals surface area contributed by atoms with Gasteiger partial charge in [-0.15, -0.1) is 0 Å². The zero-order valence-electron chi connectivity index (χ0n) is 11.8. The van der Waals surface area contributed by atoms with Crippen molar-refractivity contribution in [1.82, 2.24) is 0 Å². The Hall–Kier alpha value is -1.92. The molecule has 0 aliphatic carbocycles. The number of ether oxygens (including phenoxy) is 4. The molecule has 6 heteroatoms. The van der Waals surface area contributed by atoms with Gasteiger partial charge in [-0.2, -0.15) is 0 Å². The van der Waals surface area contributed by atoms with Gasteiger partial charge in [0.05, 0.1) is 31.5 Å². The van der Waals surface area contributed by atoms with Crippen molar-refractivity contribution < 1.29 is 28.5 Å². The standard InChI is InChI=1S/C14H18O6/c1-17-8-10(9-18-2)20-14(16)12-7-5-4-6-11(12)13(15)19-3/h4-7,10H,8-9H2,1-3H3. The molecule has 0 atom stereocenters. The molecule has 20 heavy (non-hydrogen) atoms. The Labute approximate surface area is 117 Å². The van der Waals surface area contributed by atoms with E-state index >= 15 is 0 Å². The number of hydrogen-bond acceptors (Lipinski definition) is 6. The fourth-order valence-corrected chi connectivity index (χ4v) is 1.65. The molecule has 0 bridgehead atoms. The molecule has 1 rings (SSSR count). The van der Waals surface area contributed by atoms with Gasteiger partial charge < -0.3 is 18.9 Å². The van der Waals surface area contributed by atoms with E-state index in [1.54, 1.807) is 12.1 Å². The predicted molar refractivity (Wildman–Crippen MR) is 70.7 cm³/mol. The van der Waals surface area contributed by atoms with Crippen LogP contribution in [-0.2, 0) is 18.9 Å². The first-order valence-electron chi connectivity index (χ1n) is 6.00. The Morgan fingerprint density at radius 3 is 1.90 bits per heavy atom. The zero-order valence-corrected chi connectivity index (χ0v) is 11.8. The molecular weight excluding hydrogens is 264 g/mol. The number of esters is 2. The molecule has 0 heterocycles. The molecule has 6 nitrogen and oxygen atoms in total. The highest BCUT2D eigenvalue weighted by Gasteiger charge is 2.21. The van der Waals surface area contributed by atoms with Crippen LogP contribution in [0.25, 0.3) is 0 Å². The maximum atomic E-state index is 12.1. The maximum absolute atomic E-state index is 12.1. The fraction of sp³-hybridized carbons (Fsp3) is 0.429. The van der Waals surface area contributed by atoms with E-state index in [9.17, 15) is 9.59 Å². The maximum Gasteiger partial charge on any atom is 0.339 e. The Morgan fingerprint density at radius 1 is 0.950 bits per heavy atom. The summed E-state index contributed by atoms with van der Waals surface area (Å²) in [5.74, 6) is -1.21. The van der Waals surface area contributed by atoms with Gasteiger partial charge in [-0.05, 0) is 12.1 Å². The molecule has 0 aliphatic heterocycles. The second-order valence-corrected chi connectivity index (χ2v) is 3.98. The number of rotatable bonds is 7. The summed E-state index contributed by atoms with van der Waals surface area (Å²) in [6.07, 6.45) is -0.539. The van der Waals surface area contributed by atoms with Crippen molar-refractivity contribution in [3.63, 3.8) is 0 Å². The molecular formula is C14H18O6. The Morgan fingerprint density at radius 2 is 1.45 bits per heavy atom. The molecule has 0 N–H and O–H groups in total. The zero-order chi connectivity index (χ0) is 15.0. The Kier molecular flexibility index (Phi) is 6.69. The van der Waals surface area contributed by atoms with E-state index in [0.717, 1.165) is 0 Å². The summed E-state index contributed by atoms with van der Waals surface area (Å²) in [7, 11) is 4.25. The van der Waals surface area contributed by atoms with Gasteiger partial charge in [-0.3, -0.25) is 0 Å². The van der Waals surface area contributed by atoms with Gasteiger partial charge in [0.2, 0.25) is 0 Å². The van der Waals surface area contributed by atoms with E-state index in [0.29, 0.717) is 0 Å². The van der Waals surface area contributed by atoms with E-state index in [4.69, 9.17) is 14.2 Å². The van der Waals surface area contributed by atoms with Crippen LogP contribution in [0.1, 0.15) is 20.7 Å². The van der Waals surface area contributed by atoms with Crippen LogP contribution in [0.15, 0.2) is 24.3 Å². The molecule has 0 amide bonds. The van der Waals surface area contributed by atoms with Gasteiger partial charge in [0.25, 0.3) is 0 Å². The third-order valence-corrected chi connectivity index (χ3v) is 2.53. The minimum absolute atomic E-state index is 0.150. The number of carbonyl (C=O) groups excluding carboxylic acids is 2. The number of carbonyl (C=O) groups is 2. The normalized spacial score (nSPS) is 10.4. The highest BCUT2D eigenvalue weighted by Crippen LogP contribution is 2.13. The minimum atomic E-state index is -0.620. The first-order valence-corrected chi connectivity index (χ1v) is 6.00. The molecule has 1 aromatic rings. The molecule has 0 aliphatic rings. The largest absolute Gasteiger partial charge is 0.465 e. The van der Waals surface area contributed by atoms with Gasteiger partial charge in [-0.1, -0.05) is 12.1 Å². The fourth-order valence-electron chi connectivity index (χ4n) is 1.65. The first kappa shape index (κ1) is 16.1. The average molecular weight is 282 g/mol. The van der Waals surface area contributed by atoms with E-state index in [1.807, 2.05) is 0 Å². The van der Waals surface area contributed by atoms with Crippen LogP contribution in [0.2, 0.25) is 0 Å². The third-order valence-electron chi connectivity index (χ3n) is 2.53. The second-order valence-electron chi connectivity index (χ2n) is 3.98. The Balaban J connectivity index is 2.88. The van der Waals surface area contributed by atoms with Gasteiger partial charge in [-0.25, -0.2) is 9.59 Å². The van der Waals surface area contributed by atoms with Crippen molar-refractivity contribution in [2.24, 2.45) is 0 Å². The van der Waals surface area contributed by atoms with Crippen LogP contribution in [0.4, 0.5) is 0 Å². The topological polar surface area (TPSA) is 71.1 Å². The molecule has 0 saturated carbocycles. The van der Waals surface area contributed by atoms with Crippen molar-refractivity contribution in [1.29, 1.82) is 0 Å². The summed E-state index contributed by atoms with van der Waals surface area (Å²) in [4.78, 5) is 23.7. The van der Waals surface area contributed by atoms with Gasteiger partial charge >= 0.3 is 11.9 Å². The average Bonchev–Trinajstić information content (AvgIpc) is 2.47. The Bertz CT molecular complexity index is 451. The highest BCUT2D eigenvalue weighted by atomic mass is 16.6. The number of methoxy groups -OCH3 is 3. The monoisotopic (exact) mass is 282 g/mol.